The molecule has 19 heavy (non-hydrogen) atoms. The number of aliphatic hydroxyl groups excluding tert-OH is 1. The molecule has 1 aromatic rings. The molecule has 1 unspecified atom stereocenters. The second kappa shape index (κ2) is 7.79. The van der Waals surface area contributed by atoms with Crippen LogP contribution in [0.15, 0.2) is 18.2 Å². The lowest BCUT2D eigenvalue weighted by Crippen LogP contribution is -2.35. The molecule has 0 aromatic heterocycles. The number of para-hydroxylation sites is 1. The number of hydrogen-bond donors (Lipinski definition) is 2. The van der Waals surface area contributed by atoms with Crippen LogP contribution in [0.1, 0.15) is 30.9 Å². The first-order valence-electron chi connectivity index (χ1n) is 6.68. The van der Waals surface area contributed by atoms with Gasteiger partial charge >= 0.3 is 0 Å². The van der Waals surface area contributed by atoms with E-state index in [0.717, 1.165) is 23.3 Å². The molecule has 4 heteroatoms. The summed E-state index contributed by atoms with van der Waals surface area (Å²) in [7, 11) is 0. The number of amides is 1. The minimum atomic E-state index is -0.695. The van der Waals surface area contributed by atoms with Crippen LogP contribution in [0.2, 0.25) is 0 Å². The maximum atomic E-state index is 11.3. The van der Waals surface area contributed by atoms with Crippen LogP contribution in [0.5, 0.6) is 5.75 Å². The average Bonchev–Trinajstić information content (AvgIpc) is 2.36. The van der Waals surface area contributed by atoms with Crippen molar-refractivity contribution in [1.82, 2.24) is 5.32 Å². The molecule has 0 saturated heterocycles. The number of benzene rings is 1. The van der Waals surface area contributed by atoms with Crippen LogP contribution < -0.4 is 10.1 Å². The second-order valence-corrected chi connectivity index (χ2v) is 4.74. The molecule has 0 spiro atoms. The summed E-state index contributed by atoms with van der Waals surface area (Å²) in [5, 5.41) is 12.4. The maximum Gasteiger partial charge on any atom is 0.220 e. The van der Waals surface area contributed by atoms with Crippen LogP contribution in [-0.4, -0.2) is 30.3 Å². The molecule has 1 aromatic carbocycles. The average molecular weight is 265 g/mol. The molecule has 2 N–H and O–H groups in total. The van der Waals surface area contributed by atoms with Gasteiger partial charge < -0.3 is 15.2 Å². The molecule has 0 bridgehead atoms. The van der Waals surface area contributed by atoms with Crippen molar-refractivity contribution < 1.29 is 14.6 Å². The van der Waals surface area contributed by atoms with Crippen molar-refractivity contribution in [2.75, 3.05) is 13.2 Å². The number of aliphatic hydroxyl groups is 1. The minimum absolute atomic E-state index is 0.0337. The van der Waals surface area contributed by atoms with Gasteiger partial charge in [0.05, 0.1) is 0 Å². The topological polar surface area (TPSA) is 58.6 Å². The highest BCUT2D eigenvalue weighted by molar-refractivity contribution is 5.75. The summed E-state index contributed by atoms with van der Waals surface area (Å²) in [6.45, 7) is 6.29. The molecule has 1 rings (SSSR count). The smallest absolute Gasteiger partial charge is 0.220 e. The monoisotopic (exact) mass is 265 g/mol. The van der Waals surface area contributed by atoms with Crippen molar-refractivity contribution in [1.29, 1.82) is 0 Å². The number of hydrogen-bond acceptors (Lipinski definition) is 3. The Hall–Kier alpha value is -1.55. The number of rotatable bonds is 7. The highest BCUT2D eigenvalue weighted by Crippen LogP contribution is 2.22. The van der Waals surface area contributed by atoms with E-state index in [1.807, 2.05) is 39.0 Å². The third-order valence-corrected chi connectivity index (χ3v) is 2.84. The minimum Gasteiger partial charge on any atom is -0.490 e. The first-order chi connectivity index (χ1) is 9.04. The van der Waals surface area contributed by atoms with Gasteiger partial charge in [-0.25, -0.2) is 0 Å². The van der Waals surface area contributed by atoms with E-state index in [9.17, 15) is 9.90 Å². The molecule has 0 aliphatic carbocycles. The number of carbonyl (C=O) groups excluding carboxylic acids is 1. The van der Waals surface area contributed by atoms with E-state index < -0.39 is 6.10 Å². The Morgan fingerprint density at radius 1 is 1.37 bits per heavy atom. The van der Waals surface area contributed by atoms with Crippen LogP contribution in [-0.2, 0) is 4.79 Å². The lowest BCUT2D eigenvalue weighted by atomic mass is 10.1. The van der Waals surface area contributed by atoms with Gasteiger partial charge in [-0.2, -0.15) is 0 Å². The molecule has 4 nitrogen and oxygen atoms in total. The Labute approximate surface area is 114 Å². The fourth-order valence-electron chi connectivity index (χ4n) is 1.81. The van der Waals surface area contributed by atoms with Crippen molar-refractivity contribution in [3.8, 4) is 5.75 Å². The van der Waals surface area contributed by atoms with Crippen molar-refractivity contribution >= 4 is 5.91 Å². The molecular formula is C15H23NO3. The van der Waals surface area contributed by atoms with E-state index in [0.29, 0.717) is 6.42 Å². The van der Waals surface area contributed by atoms with Gasteiger partial charge in [-0.1, -0.05) is 25.1 Å². The Morgan fingerprint density at radius 3 is 2.58 bits per heavy atom. The summed E-state index contributed by atoms with van der Waals surface area (Å²) < 4.78 is 5.62. The zero-order valence-corrected chi connectivity index (χ0v) is 11.9. The Kier molecular flexibility index (Phi) is 6.36. The van der Waals surface area contributed by atoms with Gasteiger partial charge in [0.1, 0.15) is 18.5 Å². The number of ether oxygens (including phenoxy) is 1. The first-order valence-corrected chi connectivity index (χ1v) is 6.68. The van der Waals surface area contributed by atoms with Crippen LogP contribution in [0, 0.1) is 13.8 Å². The summed E-state index contributed by atoms with van der Waals surface area (Å²) in [5.74, 6) is 0.773. The molecule has 1 amide bonds. The second-order valence-electron chi connectivity index (χ2n) is 4.74. The number of carbonyl (C=O) groups is 1. The molecule has 0 heterocycles. The quantitative estimate of drug-likeness (QED) is 0.792. The largest absolute Gasteiger partial charge is 0.490 e. The standard InChI is InChI=1S/C15H23NO3/c1-4-6-14(18)16-9-13(17)10-19-15-11(2)7-5-8-12(15)3/h5,7-8,13,17H,4,6,9-10H2,1-3H3,(H,16,18). The highest BCUT2D eigenvalue weighted by Gasteiger charge is 2.09. The molecule has 0 saturated carbocycles. The molecule has 0 fully saturated rings. The fraction of sp³-hybridized carbons (Fsp3) is 0.533. The van der Waals surface area contributed by atoms with E-state index in [-0.39, 0.29) is 19.1 Å². The van der Waals surface area contributed by atoms with Crippen molar-refractivity contribution in [3.05, 3.63) is 29.3 Å². The number of nitrogens with one attached hydrogen (secondary N) is 1. The van der Waals surface area contributed by atoms with Gasteiger partial charge in [-0.15, -0.1) is 0 Å². The normalized spacial score (nSPS) is 12.0. The molecule has 0 aliphatic rings. The van der Waals surface area contributed by atoms with Gasteiger partial charge in [-0.3, -0.25) is 4.79 Å². The van der Waals surface area contributed by atoms with Gasteiger partial charge in [-0.05, 0) is 31.4 Å². The summed E-state index contributed by atoms with van der Waals surface area (Å²) in [5.41, 5.74) is 2.09. The Morgan fingerprint density at radius 2 is 2.00 bits per heavy atom. The van der Waals surface area contributed by atoms with Crippen molar-refractivity contribution in [3.63, 3.8) is 0 Å². The van der Waals surface area contributed by atoms with Gasteiger partial charge in [0, 0.05) is 13.0 Å². The summed E-state index contributed by atoms with van der Waals surface area (Å²) in [4.78, 5) is 11.3. The van der Waals surface area contributed by atoms with Crippen LogP contribution in [0.25, 0.3) is 0 Å². The van der Waals surface area contributed by atoms with E-state index in [1.165, 1.54) is 0 Å². The predicted octanol–water partition coefficient (Wildman–Crippen LogP) is 1.96. The maximum absolute atomic E-state index is 11.3. The van der Waals surface area contributed by atoms with Gasteiger partial charge in [0.15, 0.2) is 0 Å². The summed E-state index contributed by atoms with van der Waals surface area (Å²) in [6.07, 6.45) is 0.602. The third kappa shape index (κ3) is 5.30. The summed E-state index contributed by atoms with van der Waals surface area (Å²) in [6, 6.07) is 5.91. The van der Waals surface area contributed by atoms with Crippen molar-refractivity contribution in [2.24, 2.45) is 0 Å². The van der Waals surface area contributed by atoms with Crippen LogP contribution >= 0.6 is 0 Å². The lowest BCUT2D eigenvalue weighted by molar-refractivity contribution is -0.121. The van der Waals surface area contributed by atoms with E-state index in [2.05, 4.69) is 5.32 Å². The molecule has 0 radical (unpaired) electrons. The van der Waals surface area contributed by atoms with Crippen LogP contribution in [0.3, 0.4) is 0 Å². The molecular weight excluding hydrogens is 242 g/mol. The van der Waals surface area contributed by atoms with Crippen molar-refractivity contribution in [2.45, 2.75) is 39.7 Å². The van der Waals surface area contributed by atoms with Gasteiger partial charge in [0.25, 0.3) is 0 Å². The molecule has 0 aliphatic heterocycles. The Bertz CT molecular complexity index is 398. The van der Waals surface area contributed by atoms with E-state index in [4.69, 9.17) is 4.74 Å². The lowest BCUT2D eigenvalue weighted by Gasteiger charge is -2.16. The van der Waals surface area contributed by atoms with E-state index in [1.54, 1.807) is 0 Å². The Balaban J connectivity index is 2.38. The first kappa shape index (κ1) is 15.5. The SMILES string of the molecule is CCCC(=O)NCC(O)COc1c(C)cccc1C. The molecule has 1 atom stereocenters. The van der Waals surface area contributed by atoms with Crippen LogP contribution in [0.4, 0.5) is 0 Å². The third-order valence-electron chi connectivity index (χ3n) is 2.84. The summed E-state index contributed by atoms with van der Waals surface area (Å²) >= 11 is 0. The number of aryl methyl sites for hydroxylation is 2. The molecule has 106 valence electrons. The van der Waals surface area contributed by atoms with Gasteiger partial charge in [0.2, 0.25) is 5.91 Å². The highest BCUT2D eigenvalue weighted by atomic mass is 16.5. The zero-order valence-electron chi connectivity index (χ0n) is 11.9. The predicted molar refractivity (Wildman–Crippen MR) is 75.3 cm³/mol. The zero-order chi connectivity index (χ0) is 14.3. The van der Waals surface area contributed by atoms with E-state index >= 15 is 0 Å². The fourth-order valence-corrected chi connectivity index (χ4v) is 1.81.